The molecule has 3 aromatic rings. The second kappa shape index (κ2) is 9.85. The third kappa shape index (κ3) is 5.78. The first-order valence-corrected chi connectivity index (χ1v) is 8.22. The summed E-state index contributed by atoms with van der Waals surface area (Å²) in [5.74, 6) is -1.15. The molecule has 0 unspecified atom stereocenters. The molecule has 0 spiro atoms. The number of carboxylic acid groups (broad SMARTS) is 1. The van der Waals surface area contributed by atoms with E-state index in [1.165, 1.54) is 12.1 Å². The van der Waals surface area contributed by atoms with Gasteiger partial charge in [0.15, 0.2) is 0 Å². The number of halogens is 2. The summed E-state index contributed by atoms with van der Waals surface area (Å²) in [4.78, 5) is 15.0. The molecule has 0 N–H and O–H groups in total. The molecule has 27 heavy (non-hydrogen) atoms. The van der Waals surface area contributed by atoms with Crippen LogP contribution in [0, 0.1) is 5.82 Å². The molecule has 0 aliphatic heterocycles. The minimum atomic E-state index is -1.34. The van der Waals surface area contributed by atoms with Crippen molar-refractivity contribution in [3.05, 3.63) is 94.0 Å². The van der Waals surface area contributed by atoms with E-state index in [9.17, 15) is 14.3 Å². The minimum absolute atomic E-state index is 0. The van der Waals surface area contributed by atoms with Gasteiger partial charge in [-0.15, -0.1) is 0 Å². The molecular weight excluding hydrogens is 380 g/mol. The maximum atomic E-state index is 13.8. The van der Waals surface area contributed by atoms with Crippen LogP contribution in [0.4, 0.5) is 4.39 Å². The van der Waals surface area contributed by atoms with Crippen molar-refractivity contribution < 1.29 is 48.6 Å². The summed E-state index contributed by atoms with van der Waals surface area (Å²) in [6, 6.07) is 16.1. The third-order valence-electron chi connectivity index (χ3n) is 3.75. The number of ether oxygens (including phenoxy) is 1. The van der Waals surface area contributed by atoms with Crippen LogP contribution in [0.2, 0.25) is 5.02 Å². The largest absolute Gasteiger partial charge is 1.00 e. The summed E-state index contributed by atoms with van der Waals surface area (Å²) < 4.78 is 19.5. The van der Waals surface area contributed by atoms with Crippen molar-refractivity contribution in [1.29, 1.82) is 0 Å². The van der Waals surface area contributed by atoms with Gasteiger partial charge in [-0.1, -0.05) is 35.9 Å². The second-order valence-electron chi connectivity index (χ2n) is 5.61. The van der Waals surface area contributed by atoms with E-state index in [2.05, 4.69) is 4.98 Å². The average Bonchev–Trinajstić information content (AvgIpc) is 2.62. The number of pyridine rings is 1. The molecule has 132 valence electrons. The summed E-state index contributed by atoms with van der Waals surface area (Å²) >= 11 is 6.07. The standard InChI is InChI=1S/C20H15ClFNO3.Na/c21-15-8-9-19(26-12-13-4-1-2-6-17(13)22)14(10-15)11-16-5-3-7-18(23-16)20(24)25;/h1-10H,11-12H2,(H,24,25);/q;+1/p-1. The zero-order chi connectivity index (χ0) is 18.5. The van der Waals surface area contributed by atoms with Crippen molar-refractivity contribution in [1.82, 2.24) is 4.98 Å². The van der Waals surface area contributed by atoms with E-state index in [4.69, 9.17) is 16.3 Å². The molecule has 0 radical (unpaired) electrons. The van der Waals surface area contributed by atoms with E-state index < -0.39 is 5.97 Å². The molecule has 0 aliphatic carbocycles. The van der Waals surface area contributed by atoms with Crippen molar-refractivity contribution in [2.45, 2.75) is 13.0 Å². The molecule has 7 heteroatoms. The quantitative estimate of drug-likeness (QED) is 0.569. The molecule has 0 aliphatic rings. The number of carboxylic acids is 1. The molecule has 3 rings (SSSR count). The maximum absolute atomic E-state index is 13.8. The number of hydrogen-bond acceptors (Lipinski definition) is 4. The van der Waals surface area contributed by atoms with Gasteiger partial charge in [-0.05, 0) is 36.4 Å². The molecule has 0 saturated carbocycles. The summed E-state index contributed by atoms with van der Waals surface area (Å²) in [5.41, 5.74) is 1.55. The number of hydrogen-bond donors (Lipinski definition) is 0. The number of aromatic nitrogens is 1. The fraction of sp³-hybridized carbons (Fsp3) is 0.100. The maximum Gasteiger partial charge on any atom is 1.00 e. The average molecular weight is 394 g/mol. The molecule has 0 fully saturated rings. The number of carbonyl (C=O) groups excluding carboxylic acids is 1. The topological polar surface area (TPSA) is 62.2 Å². The van der Waals surface area contributed by atoms with E-state index >= 15 is 0 Å². The van der Waals surface area contributed by atoms with Gasteiger partial charge < -0.3 is 14.6 Å². The van der Waals surface area contributed by atoms with E-state index in [1.54, 1.807) is 48.5 Å². The Morgan fingerprint density at radius 3 is 2.59 bits per heavy atom. The van der Waals surface area contributed by atoms with Gasteiger partial charge in [-0.2, -0.15) is 0 Å². The normalized spacial score (nSPS) is 10.1. The van der Waals surface area contributed by atoms with Gasteiger partial charge in [-0.3, -0.25) is 4.98 Å². The van der Waals surface area contributed by atoms with Gasteiger partial charge in [0.05, 0.1) is 11.7 Å². The Labute approximate surface area is 183 Å². The molecule has 0 saturated heterocycles. The molecule has 0 bridgehead atoms. The van der Waals surface area contributed by atoms with Crippen molar-refractivity contribution >= 4 is 17.6 Å². The third-order valence-corrected chi connectivity index (χ3v) is 3.99. The summed E-state index contributed by atoms with van der Waals surface area (Å²) in [6.45, 7) is 0.0633. The summed E-state index contributed by atoms with van der Waals surface area (Å²) in [6.07, 6.45) is 0.314. The molecule has 1 heterocycles. The Balaban J connectivity index is 0.00000261. The van der Waals surface area contributed by atoms with Crippen molar-refractivity contribution in [2.75, 3.05) is 0 Å². The van der Waals surface area contributed by atoms with Crippen molar-refractivity contribution in [2.24, 2.45) is 0 Å². The fourth-order valence-electron chi connectivity index (χ4n) is 2.48. The van der Waals surface area contributed by atoms with Crippen LogP contribution < -0.4 is 39.4 Å². The molecule has 1 aromatic heterocycles. The second-order valence-corrected chi connectivity index (χ2v) is 6.05. The van der Waals surface area contributed by atoms with Crippen LogP contribution in [0.1, 0.15) is 27.3 Å². The first kappa shape index (κ1) is 21.4. The van der Waals surface area contributed by atoms with Crippen molar-refractivity contribution in [3.8, 4) is 5.75 Å². The Bertz CT molecular complexity index is 952. The number of benzene rings is 2. The molecule has 4 nitrogen and oxygen atoms in total. The van der Waals surface area contributed by atoms with E-state index in [1.807, 2.05) is 0 Å². The number of nitrogens with zero attached hydrogens (tertiary/aromatic N) is 1. The van der Waals surface area contributed by atoms with Gasteiger partial charge >= 0.3 is 29.6 Å². The van der Waals surface area contributed by atoms with Crippen LogP contribution in [0.3, 0.4) is 0 Å². The first-order chi connectivity index (χ1) is 12.5. The SMILES string of the molecule is O=C([O-])c1cccc(Cc2cc(Cl)ccc2OCc2ccccc2F)n1.[Na+]. The monoisotopic (exact) mass is 393 g/mol. The predicted octanol–water partition coefficient (Wildman–Crippen LogP) is 0.411. The molecular formula is C20H14ClFNNaO3. The van der Waals surface area contributed by atoms with Gasteiger partial charge in [0, 0.05) is 28.3 Å². The van der Waals surface area contributed by atoms with Crippen molar-refractivity contribution in [3.63, 3.8) is 0 Å². The van der Waals surface area contributed by atoms with E-state index in [0.29, 0.717) is 28.5 Å². The summed E-state index contributed by atoms with van der Waals surface area (Å²) in [7, 11) is 0. The van der Waals surface area contributed by atoms with Gasteiger partial charge in [-0.25, -0.2) is 4.39 Å². The summed E-state index contributed by atoms with van der Waals surface area (Å²) in [5, 5.41) is 11.5. The number of aromatic carboxylic acids is 1. The number of rotatable bonds is 6. The van der Waals surface area contributed by atoms with Crippen LogP contribution in [0.25, 0.3) is 0 Å². The van der Waals surface area contributed by atoms with Gasteiger partial charge in [0.1, 0.15) is 18.2 Å². The predicted molar refractivity (Wildman–Crippen MR) is 93.6 cm³/mol. The Hall–Kier alpha value is -1.92. The first-order valence-electron chi connectivity index (χ1n) is 7.85. The van der Waals surface area contributed by atoms with Gasteiger partial charge in [0.25, 0.3) is 0 Å². The van der Waals surface area contributed by atoms with Crippen LogP contribution >= 0.6 is 11.6 Å². The Morgan fingerprint density at radius 1 is 1.07 bits per heavy atom. The zero-order valence-corrected chi connectivity index (χ0v) is 17.4. The fourth-order valence-corrected chi connectivity index (χ4v) is 2.68. The van der Waals surface area contributed by atoms with Crippen LogP contribution in [0.5, 0.6) is 5.75 Å². The Kier molecular flexibility index (Phi) is 7.80. The van der Waals surface area contributed by atoms with Gasteiger partial charge in [0.2, 0.25) is 0 Å². The minimum Gasteiger partial charge on any atom is -0.543 e. The molecule has 0 atom stereocenters. The van der Waals surface area contributed by atoms with E-state index in [-0.39, 0.29) is 47.7 Å². The van der Waals surface area contributed by atoms with Crippen LogP contribution in [-0.4, -0.2) is 11.0 Å². The number of carbonyl (C=O) groups is 1. The van der Waals surface area contributed by atoms with E-state index in [0.717, 1.165) is 5.56 Å². The zero-order valence-electron chi connectivity index (χ0n) is 14.6. The molecule has 2 aromatic carbocycles. The smallest absolute Gasteiger partial charge is 0.543 e. The Morgan fingerprint density at radius 2 is 1.85 bits per heavy atom. The van der Waals surface area contributed by atoms with Crippen LogP contribution in [0.15, 0.2) is 60.7 Å². The van der Waals surface area contributed by atoms with Crippen LogP contribution in [-0.2, 0) is 13.0 Å². The molecule has 0 amide bonds.